The molecule has 2 aromatic carbocycles. The second-order valence-corrected chi connectivity index (χ2v) is 11.4. The van der Waals surface area contributed by atoms with Crippen molar-refractivity contribution < 1.29 is 22.0 Å². The van der Waals surface area contributed by atoms with Crippen molar-refractivity contribution in [1.82, 2.24) is 10.3 Å². The number of fused-ring (bicyclic) bond motifs is 2. The van der Waals surface area contributed by atoms with Crippen LogP contribution in [-0.2, 0) is 26.8 Å². The third kappa shape index (κ3) is 4.48. The highest BCUT2D eigenvalue weighted by molar-refractivity contribution is 7.92. The number of aromatic nitrogens is 1. The summed E-state index contributed by atoms with van der Waals surface area (Å²) in [6, 6.07) is 16.0. The van der Waals surface area contributed by atoms with E-state index < -0.39 is 16.4 Å². The van der Waals surface area contributed by atoms with Gasteiger partial charge < -0.3 is 5.32 Å². The molecule has 3 aromatic rings. The summed E-state index contributed by atoms with van der Waals surface area (Å²) in [6.07, 6.45) is 3.44. The van der Waals surface area contributed by atoms with Gasteiger partial charge in [-0.1, -0.05) is 36.4 Å². The van der Waals surface area contributed by atoms with Gasteiger partial charge in [-0.3, -0.25) is 14.1 Å². The summed E-state index contributed by atoms with van der Waals surface area (Å²) in [5.74, 6) is -0.129. The van der Waals surface area contributed by atoms with Crippen LogP contribution in [0.3, 0.4) is 0 Å². The average molecular weight is 512 g/mol. The van der Waals surface area contributed by atoms with Crippen LogP contribution in [0.2, 0.25) is 0 Å². The van der Waals surface area contributed by atoms with Crippen molar-refractivity contribution in [2.75, 3.05) is 10.8 Å². The molecule has 188 valence electrons. The van der Waals surface area contributed by atoms with Crippen LogP contribution in [0.5, 0.6) is 0 Å². The molecule has 1 N–H and O–H groups in total. The van der Waals surface area contributed by atoms with E-state index in [-0.39, 0.29) is 34.2 Å². The highest BCUT2D eigenvalue weighted by Crippen LogP contribution is 2.51. The van der Waals surface area contributed by atoms with E-state index in [0.717, 1.165) is 23.3 Å². The molecular formula is C27H27F2N3O3S. The topological polar surface area (TPSA) is 79.4 Å². The van der Waals surface area contributed by atoms with Gasteiger partial charge in [-0.25, -0.2) is 17.2 Å². The zero-order chi connectivity index (χ0) is 25.3. The number of hydrogen-bond donors (Lipinski definition) is 1. The third-order valence-electron chi connectivity index (χ3n) is 7.41. The number of alkyl halides is 2. The summed E-state index contributed by atoms with van der Waals surface area (Å²) in [7, 11) is -3.94. The Bertz CT molecular complexity index is 1340. The molecule has 0 bridgehead atoms. The van der Waals surface area contributed by atoms with Crippen molar-refractivity contribution in [2.24, 2.45) is 5.92 Å². The highest BCUT2D eigenvalue weighted by Gasteiger charge is 2.48. The number of anilines is 1. The Hall–Kier alpha value is -3.33. The Kier molecular flexibility index (Phi) is 6.51. The molecule has 1 aliphatic heterocycles. The lowest BCUT2D eigenvalue weighted by Gasteiger charge is -2.37. The monoisotopic (exact) mass is 511 g/mol. The van der Waals surface area contributed by atoms with E-state index in [1.165, 1.54) is 16.4 Å². The number of carbonyl (C=O) groups is 1. The fraction of sp³-hybridized carbons (Fsp3) is 0.333. The Morgan fingerprint density at radius 3 is 2.44 bits per heavy atom. The van der Waals surface area contributed by atoms with Gasteiger partial charge in [0.2, 0.25) is 5.91 Å². The van der Waals surface area contributed by atoms with Gasteiger partial charge in [-0.15, -0.1) is 0 Å². The van der Waals surface area contributed by atoms with E-state index in [2.05, 4.69) is 10.3 Å². The highest BCUT2D eigenvalue weighted by atomic mass is 32.2. The van der Waals surface area contributed by atoms with Gasteiger partial charge in [0.25, 0.3) is 16.4 Å². The molecule has 0 saturated heterocycles. The molecule has 1 aliphatic carbocycles. The van der Waals surface area contributed by atoms with Crippen LogP contribution in [0.4, 0.5) is 14.5 Å². The molecule has 1 saturated carbocycles. The van der Waals surface area contributed by atoms with Crippen molar-refractivity contribution in [3.05, 3.63) is 89.7 Å². The third-order valence-corrected chi connectivity index (χ3v) is 9.19. The number of rotatable bonds is 6. The lowest BCUT2D eigenvalue weighted by atomic mass is 9.67. The van der Waals surface area contributed by atoms with Crippen LogP contribution in [0.1, 0.15) is 48.8 Å². The quantitative estimate of drug-likeness (QED) is 0.507. The second-order valence-electron chi connectivity index (χ2n) is 9.53. The number of carbonyl (C=O) groups excluding carboxylic acids is 1. The van der Waals surface area contributed by atoms with Crippen LogP contribution < -0.4 is 9.62 Å². The van der Waals surface area contributed by atoms with E-state index in [0.29, 0.717) is 37.9 Å². The van der Waals surface area contributed by atoms with E-state index >= 15 is 0 Å². The minimum absolute atomic E-state index is 0.00332. The molecule has 1 amide bonds. The van der Waals surface area contributed by atoms with Crippen LogP contribution in [0, 0.1) is 5.92 Å². The van der Waals surface area contributed by atoms with Gasteiger partial charge in [-0.05, 0) is 61.1 Å². The van der Waals surface area contributed by atoms with Gasteiger partial charge >= 0.3 is 0 Å². The average Bonchev–Trinajstić information content (AvgIpc) is 3.23. The molecule has 6 nitrogen and oxygen atoms in total. The van der Waals surface area contributed by atoms with Crippen LogP contribution >= 0.6 is 0 Å². The Morgan fingerprint density at radius 1 is 1.06 bits per heavy atom. The van der Waals surface area contributed by atoms with Crippen molar-refractivity contribution >= 4 is 21.6 Å². The summed E-state index contributed by atoms with van der Waals surface area (Å²) < 4.78 is 54.5. The summed E-state index contributed by atoms with van der Waals surface area (Å²) in [5, 5.41) is 3.00. The summed E-state index contributed by atoms with van der Waals surface area (Å²) in [4.78, 5) is 16.9. The van der Waals surface area contributed by atoms with E-state index in [4.69, 9.17) is 0 Å². The number of benzene rings is 2. The Balaban J connectivity index is 1.32. The fourth-order valence-electron chi connectivity index (χ4n) is 5.41. The number of nitrogens with zero attached hydrogens (tertiary/aromatic N) is 2. The smallest absolute Gasteiger partial charge is 0.264 e. The number of halogens is 2. The predicted octanol–water partition coefficient (Wildman–Crippen LogP) is 4.97. The summed E-state index contributed by atoms with van der Waals surface area (Å²) >= 11 is 0. The first-order valence-corrected chi connectivity index (χ1v) is 13.4. The number of sulfonamides is 1. The van der Waals surface area contributed by atoms with Gasteiger partial charge in [-0.2, -0.15) is 0 Å². The molecule has 0 unspecified atom stereocenters. The van der Waals surface area contributed by atoms with Gasteiger partial charge in [0.05, 0.1) is 10.6 Å². The normalized spacial score (nSPS) is 21.5. The number of amides is 1. The number of nitrogens with one attached hydrogen (secondary N) is 1. The van der Waals surface area contributed by atoms with Crippen LogP contribution in [-0.4, -0.2) is 25.9 Å². The van der Waals surface area contributed by atoms with Crippen molar-refractivity contribution in [2.45, 2.75) is 49.0 Å². The summed E-state index contributed by atoms with van der Waals surface area (Å²) in [5.41, 5.74) is 1.92. The molecular weight excluding hydrogens is 484 g/mol. The maximum atomic E-state index is 13.6. The van der Waals surface area contributed by atoms with Crippen molar-refractivity contribution in [3.8, 4) is 0 Å². The number of hydrogen-bond acceptors (Lipinski definition) is 4. The van der Waals surface area contributed by atoms with Crippen molar-refractivity contribution in [3.63, 3.8) is 0 Å². The van der Waals surface area contributed by atoms with Crippen LogP contribution in [0.15, 0.2) is 78.0 Å². The molecule has 1 fully saturated rings. The standard InChI is InChI=1S/C27H27F2N3O3S/c28-25(29)20-7-9-22(10-8-20)36(34,35)32-18-27(23-5-1-2-6-24(23)32)13-11-21(12-14-27)26(33)31-17-19-4-3-15-30-16-19/h1-10,15-16,21,25H,11-14,17-18H2,(H,31,33). The zero-order valence-corrected chi connectivity index (χ0v) is 20.4. The largest absolute Gasteiger partial charge is 0.352 e. The van der Waals surface area contributed by atoms with E-state index in [1.807, 2.05) is 24.3 Å². The van der Waals surface area contributed by atoms with Crippen molar-refractivity contribution in [1.29, 1.82) is 0 Å². The predicted molar refractivity (Wildman–Crippen MR) is 132 cm³/mol. The molecule has 1 spiro atoms. The molecule has 36 heavy (non-hydrogen) atoms. The first-order chi connectivity index (χ1) is 17.3. The molecule has 1 aromatic heterocycles. The lowest BCUT2D eigenvalue weighted by molar-refractivity contribution is -0.126. The number of pyridine rings is 1. The number of para-hydroxylation sites is 1. The Morgan fingerprint density at radius 2 is 1.78 bits per heavy atom. The lowest BCUT2D eigenvalue weighted by Crippen LogP contribution is -2.42. The van der Waals surface area contributed by atoms with Gasteiger partial charge in [0.1, 0.15) is 0 Å². The van der Waals surface area contributed by atoms with Crippen LogP contribution in [0.25, 0.3) is 0 Å². The molecule has 0 atom stereocenters. The molecule has 2 aliphatic rings. The molecule has 0 radical (unpaired) electrons. The SMILES string of the molecule is O=C(NCc1cccnc1)C1CCC2(CC1)CN(S(=O)(=O)c1ccc(C(F)F)cc1)c1ccccc12. The van der Waals surface area contributed by atoms with Gasteiger partial charge in [0.15, 0.2) is 0 Å². The van der Waals surface area contributed by atoms with Gasteiger partial charge in [0, 0.05) is 42.4 Å². The maximum absolute atomic E-state index is 13.6. The Labute approximate surface area is 209 Å². The minimum Gasteiger partial charge on any atom is -0.352 e. The first-order valence-electron chi connectivity index (χ1n) is 12.0. The van der Waals surface area contributed by atoms with E-state index in [1.54, 1.807) is 24.5 Å². The first kappa shape index (κ1) is 24.4. The molecule has 5 rings (SSSR count). The van der Waals surface area contributed by atoms with E-state index in [9.17, 15) is 22.0 Å². The maximum Gasteiger partial charge on any atom is 0.264 e. The molecule has 9 heteroatoms. The summed E-state index contributed by atoms with van der Waals surface area (Å²) in [6.45, 7) is 0.697. The molecule has 2 heterocycles. The zero-order valence-electron chi connectivity index (χ0n) is 19.6. The minimum atomic E-state index is -3.94. The fourth-order valence-corrected chi connectivity index (χ4v) is 6.98. The second kappa shape index (κ2) is 9.61.